The smallest absolute Gasteiger partial charge is 0.328 e. The Morgan fingerprint density at radius 1 is 1.29 bits per heavy atom. The van der Waals surface area contributed by atoms with Gasteiger partial charge in [0.25, 0.3) is 5.56 Å². The third-order valence-electron chi connectivity index (χ3n) is 2.63. The lowest BCUT2D eigenvalue weighted by molar-refractivity contribution is 0.692. The van der Waals surface area contributed by atoms with E-state index in [0.717, 1.165) is 0 Å². The van der Waals surface area contributed by atoms with Crippen LogP contribution in [-0.4, -0.2) is 32.0 Å². The summed E-state index contributed by atoms with van der Waals surface area (Å²) in [4.78, 5) is 28.3. The van der Waals surface area contributed by atoms with Gasteiger partial charge in [-0.25, -0.2) is 9.78 Å². The maximum Gasteiger partial charge on any atom is 0.332 e. The van der Waals surface area contributed by atoms with Crippen LogP contribution < -0.4 is 11.2 Å². The summed E-state index contributed by atoms with van der Waals surface area (Å²) in [7, 11) is 3.04. The zero-order valence-electron chi connectivity index (χ0n) is 10.3. The van der Waals surface area contributed by atoms with Gasteiger partial charge in [-0.05, 0) is 13.3 Å². The average molecular weight is 254 g/mol. The Labute approximate surface area is 99.3 Å². The van der Waals surface area contributed by atoms with Crippen LogP contribution in [0.1, 0.15) is 0 Å². The second kappa shape index (κ2) is 4.11. The molecule has 2 aromatic heterocycles. The van der Waals surface area contributed by atoms with E-state index in [1.165, 1.54) is 9.13 Å². The first-order valence-electron chi connectivity index (χ1n) is 5.19. The van der Waals surface area contributed by atoms with Gasteiger partial charge in [-0.2, -0.15) is 0 Å². The van der Waals surface area contributed by atoms with Crippen molar-refractivity contribution < 1.29 is 0 Å². The van der Waals surface area contributed by atoms with Gasteiger partial charge >= 0.3 is 5.69 Å². The monoisotopic (exact) mass is 254 g/mol. The molecule has 0 fully saturated rings. The van der Waals surface area contributed by atoms with Crippen LogP contribution in [0.5, 0.6) is 0 Å². The Morgan fingerprint density at radius 2 is 1.94 bits per heavy atom. The first-order chi connectivity index (χ1) is 7.93. The molecule has 0 aliphatic rings. The van der Waals surface area contributed by atoms with Gasteiger partial charge in [0.05, 0.1) is 6.33 Å². The summed E-state index contributed by atoms with van der Waals surface area (Å²) >= 11 is 0. The molecule has 2 aromatic rings. The molecule has 0 aliphatic carbocycles. The van der Waals surface area contributed by atoms with Crippen molar-refractivity contribution in [3.63, 3.8) is 0 Å². The minimum absolute atomic E-state index is 0.251. The highest BCUT2D eigenvalue weighted by atomic mass is 31.1. The Morgan fingerprint density at radius 3 is 2.53 bits per heavy atom. The summed E-state index contributed by atoms with van der Waals surface area (Å²) in [6.45, 7) is 4.07. The summed E-state index contributed by atoms with van der Waals surface area (Å²) in [6, 6.07) is 0. The van der Waals surface area contributed by atoms with Gasteiger partial charge in [-0.1, -0.05) is 7.92 Å². The largest absolute Gasteiger partial charge is 0.332 e. The van der Waals surface area contributed by atoms with Crippen molar-refractivity contribution in [3.05, 3.63) is 27.2 Å². The van der Waals surface area contributed by atoms with Crippen LogP contribution in [0.25, 0.3) is 11.2 Å². The second-order valence-electron chi connectivity index (χ2n) is 4.32. The number of nitrogens with zero attached hydrogens (tertiary/aromatic N) is 4. The molecule has 0 aromatic carbocycles. The first-order valence-corrected chi connectivity index (χ1v) is 7.61. The Bertz CT molecular complexity index is 680. The molecule has 92 valence electrons. The van der Waals surface area contributed by atoms with Crippen molar-refractivity contribution in [1.29, 1.82) is 0 Å². The second-order valence-corrected chi connectivity index (χ2v) is 6.77. The zero-order chi connectivity index (χ0) is 12.7. The third kappa shape index (κ3) is 1.82. The molecule has 6 nitrogen and oxygen atoms in total. The third-order valence-corrected chi connectivity index (χ3v) is 3.47. The Hall–Kier alpha value is -1.42. The molecular formula is C10H15N4O2P. The van der Waals surface area contributed by atoms with E-state index in [9.17, 15) is 9.59 Å². The highest BCUT2D eigenvalue weighted by Gasteiger charge is 2.14. The number of aryl methyl sites for hydroxylation is 2. The molecular weight excluding hydrogens is 239 g/mol. The van der Waals surface area contributed by atoms with Crippen molar-refractivity contribution in [2.24, 2.45) is 14.1 Å². The van der Waals surface area contributed by atoms with E-state index in [4.69, 9.17) is 0 Å². The standard InChI is InChI=1S/C10H15N4O2P/c1-12-5-11-8-7(12)9(15)14(6-17(3)4)10(16)13(8)2/h5H,6H2,1-4H3. The number of aromatic nitrogens is 4. The molecule has 0 amide bonds. The number of imidazole rings is 1. The summed E-state index contributed by atoms with van der Waals surface area (Å²) in [5.74, 6) is 0. The van der Waals surface area contributed by atoms with E-state index in [1.807, 2.05) is 13.3 Å². The van der Waals surface area contributed by atoms with Crippen LogP contribution >= 0.6 is 7.92 Å². The maximum atomic E-state index is 12.2. The average Bonchev–Trinajstić information content (AvgIpc) is 2.63. The summed E-state index contributed by atoms with van der Waals surface area (Å²) in [5.41, 5.74) is 0.371. The van der Waals surface area contributed by atoms with Crippen LogP contribution in [0.15, 0.2) is 15.9 Å². The molecule has 0 saturated carbocycles. The molecule has 7 heteroatoms. The summed E-state index contributed by atoms with van der Waals surface area (Å²) in [6.07, 6.45) is 2.04. The van der Waals surface area contributed by atoms with E-state index in [2.05, 4.69) is 4.98 Å². The Kier molecular flexibility index (Phi) is 2.91. The highest BCUT2D eigenvalue weighted by Crippen LogP contribution is 2.25. The molecule has 0 saturated heterocycles. The van der Waals surface area contributed by atoms with Crippen LogP contribution in [0.2, 0.25) is 0 Å². The number of fused-ring (bicyclic) bond motifs is 1. The molecule has 0 radical (unpaired) electrons. The molecule has 2 rings (SSSR count). The van der Waals surface area contributed by atoms with Crippen molar-refractivity contribution in [3.8, 4) is 0 Å². The van der Waals surface area contributed by atoms with Crippen LogP contribution in [-0.2, 0) is 20.4 Å². The lowest BCUT2D eigenvalue weighted by Gasteiger charge is -2.10. The fourth-order valence-corrected chi connectivity index (χ4v) is 2.62. The molecule has 0 spiro atoms. The number of hydrogen-bond acceptors (Lipinski definition) is 3. The first kappa shape index (κ1) is 12.0. The predicted octanol–water partition coefficient (Wildman–Crippen LogP) is 0.133. The molecule has 0 atom stereocenters. The van der Waals surface area contributed by atoms with Crippen LogP contribution in [0.4, 0.5) is 0 Å². The van der Waals surface area contributed by atoms with Gasteiger partial charge in [-0.3, -0.25) is 13.9 Å². The number of hydrogen-bond donors (Lipinski definition) is 0. The van der Waals surface area contributed by atoms with Gasteiger partial charge in [0.1, 0.15) is 0 Å². The minimum atomic E-state index is -0.352. The van der Waals surface area contributed by atoms with Crippen molar-refractivity contribution in [1.82, 2.24) is 18.7 Å². The quantitative estimate of drug-likeness (QED) is 0.716. The van der Waals surface area contributed by atoms with Gasteiger partial charge in [0.2, 0.25) is 0 Å². The summed E-state index contributed by atoms with van der Waals surface area (Å²) in [5, 5.41) is 0. The topological polar surface area (TPSA) is 61.8 Å². The van der Waals surface area contributed by atoms with E-state index >= 15 is 0 Å². The van der Waals surface area contributed by atoms with Crippen molar-refractivity contribution in [2.45, 2.75) is 6.29 Å². The lowest BCUT2D eigenvalue weighted by atomic mass is 10.5. The summed E-state index contributed by atoms with van der Waals surface area (Å²) < 4.78 is 4.38. The number of rotatable bonds is 2. The van der Waals surface area contributed by atoms with Gasteiger partial charge in [-0.15, -0.1) is 0 Å². The zero-order valence-corrected chi connectivity index (χ0v) is 11.2. The fourth-order valence-electron chi connectivity index (χ4n) is 1.80. The minimum Gasteiger partial charge on any atom is -0.328 e. The molecule has 0 bridgehead atoms. The van der Waals surface area contributed by atoms with E-state index in [1.54, 1.807) is 25.0 Å². The molecule has 2 heterocycles. The SMILES string of the molecule is Cn1cnc2c1c(=O)n(CP(C)C)c(=O)n2C. The Balaban J connectivity index is 2.90. The fraction of sp³-hybridized carbons (Fsp3) is 0.500. The molecule has 0 unspecified atom stereocenters. The van der Waals surface area contributed by atoms with Crippen molar-refractivity contribution in [2.75, 3.05) is 13.3 Å². The van der Waals surface area contributed by atoms with E-state index < -0.39 is 0 Å². The normalized spacial score (nSPS) is 11.6. The van der Waals surface area contributed by atoms with Gasteiger partial charge in [0, 0.05) is 20.4 Å². The lowest BCUT2D eigenvalue weighted by Crippen LogP contribution is -2.39. The molecule has 17 heavy (non-hydrogen) atoms. The van der Waals surface area contributed by atoms with Crippen LogP contribution in [0, 0.1) is 0 Å². The van der Waals surface area contributed by atoms with E-state index in [-0.39, 0.29) is 19.2 Å². The van der Waals surface area contributed by atoms with Gasteiger partial charge < -0.3 is 4.57 Å². The van der Waals surface area contributed by atoms with E-state index in [0.29, 0.717) is 17.4 Å². The maximum absolute atomic E-state index is 12.2. The van der Waals surface area contributed by atoms with Gasteiger partial charge in [0.15, 0.2) is 11.2 Å². The van der Waals surface area contributed by atoms with Crippen LogP contribution in [0.3, 0.4) is 0 Å². The van der Waals surface area contributed by atoms with Crippen molar-refractivity contribution >= 4 is 19.1 Å². The predicted molar refractivity (Wildman–Crippen MR) is 69.0 cm³/mol. The molecule has 0 aliphatic heterocycles. The molecule has 0 N–H and O–H groups in total. The highest BCUT2D eigenvalue weighted by molar-refractivity contribution is 7.54.